The summed E-state index contributed by atoms with van der Waals surface area (Å²) in [5.74, 6) is -0.285. The number of anilines is 1. The first-order valence-electron chi connectivity index (χ1n) is 7.66. The Kier molecular flexibility index (Phi) is 6.89. The Bertz CT molecular complexity index is 490. The van der Waals surface area contributed by atoms with Gasteiger partial charge < -0.3 is 15.4 Å². The van der Waals surface area contributed by atoms with E-state index < -0.39 is 11.7 Å². The van der Waals surface area contributed by atoms with Crippen LogP contribution in [0.25, 0.3) is 0 Å². The average Bonchev–Trinajstić information content (AvgIpc) is 2.43. The van der Waals surface area contributed by atoms with Crippen molar-refractivity contribution in [1.29, 1.82) is 0 Å². The van der Waals surface area contributed by atoms with E-state index in [2.05, 4.69) is 17.6 Å². The Morgan fingerprint density at radius 3 is 2.32 bits per heavy atom. The molecule has 0 heterocycles. The molecule has 0 aromatic heterocycles. The van der Waals surface area contributed by atoms with Gasteiger partial charge in [0.25, 0.3) is 0 Å². The molecule has 0 aliphatic rings. The van der Waals surface area contributed by atoms with Crippen LogP contribution in [0, 0.1) is 0 Å². The lowest BCUT2D eigenvalue weighted by Crippen LogP contribution is -2.37. The van der Waals surface area contributed by atoms with Crippen molar-refractivity contribution in [3.05, 3.63) is 29.8 Å². The molecule has 0 fully saturated rings. The zero-order valence-electron chi connectivity index (χ0n) is 13.9. The first kappa shape index (κ1) is 18.0. The third-order valence-corrected chi connectivity index (χ3v) is 2.85. The lowest BCUT2D eigenvalue weighted by molar-refractivity contribution is -0.115. The molecule has 0 saturated carbocycles. The van der Waals surface area contributed by atoms with Crippen LogP contribution in [-0.4, -0.2) is 24.1 Å². The summed E-state index contributed by atoms with van der Waals surface area (Å²) in [7, 11) is 0. The van der Waals surface area contributed by atoms with Gasteiger partial charge in [-0.1, -0.05) is 25.5 Å². The number of nitrogens with one attached hydrogen (secondary N) is 2. The fourth-order valence-electron chi connectivity index (χ4n) is 1.81. The third-order valence-electron chi connectivity index (χ3n) is 2.85. The number of rotatable bonds is 6. The number of hydrogen-bond donors (Lipinski definition) is 2. The molecular formula is C17H26N2O3. The predicted octanol–water partition coefficient (Wildman–Crippen LogP) is 3.49. The highest BCUT2D eigenvalue weighted by atomic mass is 16.6. The van der Waals surface area contributed by atoms with E-state index in [1.165, 1.54) is 5.56 Å². The quantitative estimate of drug-likeness (QED) is 0.845. The van der Waals surface area contributed by atoms with Gasteiger partial charge in [0.05, 0.1) is 0 Å². The van der Waals surface area contributed by atoms with Crippen molar-refractivity contribution in [1.82, 2.24) is 5.32 Å². The van der Waals surface area contributed by atoms with E-state index in [4.69, 9.17) is 4.74 Å². The molecular weight excluding hydrogens is 280 g/mol. The Morgan fingerprint density at radius 2 is 1.77 bits per heavy atom. The third kappa shape index (κ3) is 7.67. The van der Waals surface area contributed by atoms with E-state index >= 15 is 0 Å². The Labute approximate surface area is 132 Å². The van der Waals surface area contributed by atoms with Crippen molar-refractivity contribution >= 4 is 17.7 Å². The van der Waals surface area contributed by atoms with Crippen molar-refractivity contribution in [2.45, 2.75) is 52.6 Å². The zero-order chi connectivity index (χ0) is 16.6. The maximum Gasteiger partial charge on any atom is 0.408 e. The van der Waals surface area contributed by atoms with Crippen molar-refractivity contribution in [2.75, 3.05) is 11.9 Å². The Morgan fingerprint density at radius 1 is 1.14 bits per heavy atom. The smallest absolute Gasteiger partial charge is 0.408 e. The lowest BCUT2D eigenvalue weighted by atomic mass is 10.1. The van der Waals surface area contributed by atoms with Gasteiger partial charge in [0.2, 0.25) is 5.91 Å². The number of aryl methyl sites for hydroxylation is 1. The summed E-state index contributed by atoms with van der Waals surface area (Å²) in [5, 5.41) is 5.16. The van der Waals surface area contributed by atoms with Crippen molar-refractivity contribution in [3.63, 3.8) is 0 Å². The number of benzene rings is 1. The summed E-state index contributed by atoms with van der Waals surface area (Å²) in [6, 6.07) is 7.76. The van der Waals surface area contributed by atoms with Crippen LogP contribution in [0.5, 0.6) is 0 Å². The minimum Gasteiger partial charge on any atom is -0.444 e. The van der Waals surface area contributed by atoms with Crippen molar-refractivity contribution < 1.29 is 14.3 Å². The van der Waals surface area contributed by atoms with Gasteiger partial charge in [-0.3, -0.25) is 4.79 Å². The summed E-state index contributed by atoms with van der Waals surface area (Å²) in [4.78, 5) is 23.2. The van der Waals surface area contributed by atoms with Crippen LogP contribution in [0.3, 0.4) is 0 Å². The maximum atomic E-state index is 11.8. The van der Waals surface area contributed by atoms with E-state index in [1.807, 2.05) is 24.3 Å². The highest BCUT2D eigenvalue weighted by molar-refractivity contribution is 5.93. The standard InChI is InChI=1S/C17H26N2O3/c1-5-6-7-13-8-10-14(11-9-13)19-15(20)12-18-16(21)22-17(2,3)4/h8-11H,5-7,12H2,1-4H3,(H,18,21)(H,19,20). The second-order valence-corrected chi connectivity index (χ2v) is 6.20. The molecule has 0 unspecified atom stereocenters. The van der Waals surface area contributed by atoms with Crippen LogP contribution in [0.2, 0.25) is 0 Å². The van der Waals surface area contributed by atoms with Gasteiger partial charge in [-0.05, 0) is 51.3 Å². The van der Waals surface area contributed by atoms with Crippen LogP contribution in [0.15, 0.2) is 24.3 Å². The molecule has 0 bridgehead atoms. The number of hydrogen-bond acceptors (Lipinski definition) is 3. The van der Waals surface area contributed by atoms with Gasteiger partial charge in [-0.25, -0.2) is 4.79 Å². The molecule has 122 valence electrons. The highest BCUT2D eigenvalue weighted by Gasteiger charge is 2.16. The minimum absolute atomic E-state index is 0.119. The summed E-state index contributed by atoms with van der Waals surface area (Å²) < 4.78 is 5.06. The fourth-order valence-corrected chi connectivity index (χ4v) is 1.81. The zero-order valence-corrected chi connectivity index (χ0v) is 13.9. The number of alkyl carbamates (subject to hydrolysis) is 1. The summed E-state index contributed by atoms with van der Waals surface area (Å²) in [6.45, 7) is 7.35. The maximum absolute atomic E-state index is 11.8. The van der Waals surface area contributed by atoms with E-state index in [0.29, 0.717) is 0 Å². The van der Waals surface area contributed by atoms with Crippen LogP contribution in [-0.2, 0) is 16.0 Å². The lowest BCUT2D eigenvalue weighted by Gasteiger charge is -2.19. The van der Waals surface area contributed by atoms with Gasteiger partial charge in [-0.2, -0.15) is 0 Å². The molecule has 0 spiro atoms. The van der Waals surface area contributed by atoms with Gasteiger partial charge >= 0.3 is 6.09 Å². The fraction of sp³-hybridized carbons (Fsp3) is 0.529. The highest BCUT2D eigenvalue weighted by Crippen LogP contribution is 2.11. The van der Waals surface area contributed by atoms with Gasteiger partial charge in [-0.15, -0.1) is 0 Å². The van der Waals surface area contributed by atoms with Gasteiger partial charge in [0.15, 0.2) is 0 Å². The van der Waals surface area contributed by atoms with Crippen LogP contribution < -0.4 is 10.6 Å². The number of unbranched alkanes of at least 4 members (excludes halogenated alkanes) is 1. The summed E-state index contributed by atoms with van der Waals surface area (Å²) in [5.41, 5.74) is 1.40. The van der Waals surface area contributed by atoms with Gasteiger partial charge in [0, 0.05) is 5.69 Å². The molecule has 1 aromatic carbocycles. The SMILES string of the molecule is CCCCc1ccc(NC(=O)CNC(=O)OC(C)(C)C)cc1. The molecule has 5 nitrogen and oxygen atoms in total. The van der Waals surface area contributed by atoms with Gasteiger partial charge in [0.1, 0.15) is 12.1 Å². The van der Waals surface area contributed by atoms with Crippen LogP contribution in [0.4, 0.5) is 10.5 Å². The number of carbonyl (C=O) groups excluding carboxylic acids is 2. The molecule has 2 amide bonds. The van der Waals surface area contributed by atoms with Crippen molar-refractivity contribution in [3.8, 4) is 0 Å². The van der Waals surface area contributed by atoms with E-state index in [9.17, 15) is 9.59 Å². The predicted molar refractivity (Wildman–Crippen MR) is 87.9 cm³/mol. The minimum atomic E-state index is -0.599. The summed E-state index contributed by atoms with van der Waals surface area (Å²) in [6.07, 6.45) is 2.77. The molecule has 0 aliphatic carbocycles. The molecule has 2 N–H and O–H groups in total. The normalized spacial score (nSPS) is 10.9. The largest absolute Gasteiger partial charge is 0.444 e. The first-order valence-corrected chi connectivity index (χ1v) is 7.66. The molecule has 1 aromatic rings. The van der Waals surface area contributed by atoms with Crippen LogP contribution in [0.1, 0.15) is 46.1 Å². The van der Waals surface area contributed by atoms with Crippen molar-refractivity contribution in [2.24, 2.45) is 0 Å². The molecule has 5 heteroatoms. The monoisotopic (exact) mass is 306 g/mol. The van der Waals surface area contributed by atoms with E-state index in [1.54, 1.807) is 20.8 Å². The molecule has 0 radical (unpaired) electrons. The molecule has 1 rings (SSSR count). The molecule has 22 heavy (non-hydrogen) atoms. The molecule has 0 aliphatic heterocycles. The second-order valence-electron chi connectivity index (χ2n) is 6.20. The van der Waals surface area contributed by atoms with E-state index in [-0.39, 0.29) is 12.5 Å². The Balaban J connectivity index is 2.37. The average molecular weight is 306 g/mol. The topological polar surface area (TPSA) is 67.4 Å². The van der Waals surface area contributed by atoms with E-state index in [0.717, 1.165) is 24.9 Å². The number of amides is 2. The Hall–Kier alpha value is -2.04. The summed E-state index contributed by atoms with van der Waals surface area (Å²) >= 11 is 0. The molecule has 0 saturated heterocycles. The number of carbonyl (C=O) groups is 2. The number of ether oxygens (including phenoxy) is 1. The van der Waals surface area contributed by atoms with Crippen LogP contribution >= 0.6 is 0 Å². The molecule has 0 atom stereocenters. The second kappa shape index (κ2) is 8.41. The first-order chi connectivity index (χ1) is 10.3.